The van der Waals surface area contributed by atoms with Crippen molar-refractivity contribution in [1.82, 2.24) is 9.97 Å². The fourth-order valence-electron chi connectivity index (χ4n) is 2.71. The largest absolute Gasteiger partial charge is 0.501 e. The van der Waals surface area contributed by atoms with Crippen LogP contribution in [-0.4, -0.2) is 49.5 Å². The van der Waals surface area contributed by atoms with Gasteiger partial charge in [0.05, 0.1) is 24.9 Å². The molecule has 0 saturated carbocycles. The van der Waals surface area contributed by atoms with Crippen LogP contribution < -0.4 is 9.62 Å². The summed E-state index contributed by atoms with van der Waals surface area (Å²) in [7, 11) is -2.72. The highest BCUT2D eigenvalue weighted by Gasteiger charge is 2.33. The molecule has 0 aliphatic carbocycles. The zero-order valence-electron chi connectivity index (χ0n) is 21.1. The van der Waals surface area contributed by atoms with E-state index in [0.717, 1.165) is 21.8 Å². The smallest absolute Gasteiger partial charge is 0.360 e. The fraction of sp³-hybridized carbons (Fsp3) is 0.333. The van der Waals surface area contributed by atoms with Gasteiger partial charge in [-0.15, -0.1) is 11.3 Å². The molecule has 1 amide bonds. The molecule has 0 saturated heterocycles. The van der Waals surface area contributed by atoms with Crippen LogP contribution in [0.3, 0.4) is 0 Å². The Morgan fingerprint density at radius 1 is 1.19 bits per heavy atom. The lowest BCUT2D eigenvalue weighted by Crippen LogP contribution is -2.34. The maximum absolute atomic E-state index is 13.8. The maximum Gasteiger partial charge on any atom is 0.360 e. The van der Waals surface area contributed by atoms with Gasteiger partial charge < -0.3 is 14.8 Å². The van der Waals surface area contributed by atoms with E-state index >= 15 is 0 Å². The average molecular weight is 535 g/mol. The van der Waals surface area contributed by atoms with Crippen molar-refractivity contribution < 1.29 is 27.5 Å². The number of sulfonamides is 1. The number of nitrogens with zero attached hydrogens (tertiary/aromatic N) is 3. The van der Waals surface area contributed by atoms with Crippen LogP contribution in [0, 0.1) is 0 Å². The Balaban J connectivity index is 2.61. The summed E-state index contributed by atoms with van der Waals surface area (Å²) in [4.78, 5) is 32.1. The SMILES string of the molecule is C=C/C(=C\C=C(/C)OC)CN(c1scnc1C(=O)OC(C)(C)C)S(=O)(=O)c1ccc(NC(C)=O)nc1. The first-order valence-electron chi connectivity index (χ1n) is 10.8. The van der Waals surface area contributed by atoms with Gasteiger partial charge in [0, 0.05) is 13.1 Å². The second-order valence-electron chi connectivity index (χ2n) is 8.51. The van der Waals surface area contributed by atoms with E-state index in [1.54, 1.807) is 39.8 Å². The van der Waals surface area contributed by atoms with Gasteiger partial charge in [-0.3, -0.25) is 9.10 Å². The standard InChI is InChI=1S/C24H30N4O6S2/c1-8-18(10-9-16(2)33-7)14-28(22-21(26-15-35-22)23(30)34-24(4,5)6)36(31,32)19-11-12-20(25-13-19)27-17(3)29/h8-13,15H,1,14H2,2-7H3,(H,25,27,29)/b16-9+,18-10+. The molecule has 2 aromatic heterocycles. The Kier molecular flexibility index (Phi) is 9.54. The summed E-state index contributed by atoms with van der Waals surface area (Å²) in [5.41, 5.74) is 0.969. The molecule has 36 heavy (non-hydrogen) atoms. The summed E-state index contributed by atoms with van der Waals surface area (Å²) in [6.45, 7) is 11.8. The molecule has 0 unspecified atom stereocenters. The quantitative estimate of drug-likeness (QED) is 0.271. The van der Waals surface area contributed by atoms with E-state index in [9.17, 15) is 18.0 Å². The number of rotatable bonds is 10. The van der Waals surface area contributed by atoms with Crippen LogP contribution in [0.25, 0.3) is 0 Å². The van der Waals surface area contributed by atoms with Gasteiger partial charge in [-0.1, -0.05) is 18.7 Å². The van der Waals surface area contributed by atoms with Gasteiger partial charge >= 0.3 is 5.97 Å². The number of pyridine rings is 1. The number of esters is 1. The minimum atomic E-state index is -4.24. The van der Waals surface area contributed by atoms with Gasteiger partial charge in [-0.2, -0.15) is 0 Å². The van der Waals surface area contributed by atoms with Crippen LogP contribution >= 0.6 is 11.3 Å². The van der Waals surface area contributed by atoms with Crippen molar-refractivity contribution in [3.8, 4) is 0 Å². The number of hydrogen-bond donors (Lipinski definition) is 1. The van der Waals surface area contributed by atoms with E-state index in [-0.39, 0.29) is 33.9 Å². The Hall–Kier alpha value is -3.51. The molecule has 0 bridgehead atoms. The molecule has 10 nitrogen and oxygen atoms in total. The predicted molar refractivity (Wildman–Crippen MR) is 139 cm³/mol. The Morgan fingerprint density at radius 3 is 2.42 bits per heavy atom. The number of anilines is 2. The number of nitrogens with one attached hydrogen (secondary N) is 1. The maximum atomic E-state index is 13.8. The number of ether oxygens (including phenoxy) is 2. The van der Waals surface area contributed by atoms with Crippen LogP contribution in [0.2, 0.25) is 0 Å². The van der Waals surface area contributed by atoms with Gasteiger partial charge in [0.1, 0.15) is 21.3 Å². The van der Waals surface area contributed by atoms with Crippen LogP contribution in [0.15, 0.2) is 64.9 Å². The summed E-state index contributed by atoms with van der Waals surface area (Å²) >= 11 is 0.982. The van der Waals surface area contributed by atoms with Crippen LogP contribution in [0.4, 0.5) is 10.8 Å². The normalized spacial score (nSPS) is 12.6. The molecule has 2 heterocycles. The third-order valence-electron chi connectivity index (χ3n) is 4.44. The molecular weight excluding hydrogens is 504 g/mol. The predicted octanol–water partition coefficient (Wildman–Crippen LogP) is 4.31. The minimum absolute atomic E-state index is 0.0791. The molecule has 0 aliphatic heterocycles. The van der Waals surface area contributed by atoms with Gasteiger partial charge in [0.25, 0.3) is 10.0 Å². The molecule has 0 spiro atoms. The first kappa shape index (κ1) is 28.7. The van der Waals surface area contributed by atoms with Crippen molar-refractivity contribution in [3.63, 3.8) is 0 Å². The topological polar surface area (TPSA) is 128 Å². The first-order valence-corrected chi connectivity index (χ1v) is 13.1. The number of allylic oxidation sites excluding steroid dienone is 3. The van der Waals surface area contributed by atoms with Gasteiger partial charge in [0.2, 0.25) is 5.91 Å². The summed E-state index contributed by atoms with van der Waals surface area (Å²) in [5.74, 6) is -0.287. The molecule has 0 atom stereocenters. The molecule has 2 rings (SSSR count). The molecule has 0 aromatic carbocycles. The Bertz CT molecular complexity index is 1270. The van der Waals surface area contributed by atoms with Crippen molar-refractivity contribution >= 4 is 44.1 Å². The van der Waals surface area contributed by atoms with Crippen molar-refractivity contribution in [2.45, 2.75) is 45.1 Å². The van der Waals surface area contributed by atoms with Crippen molar-refractivity contribution in [2.75, 3.05) is 23.3 Å². The summed E-state index contributed by atoms with van der Waals surface area (Å²) < 4.78 is 39.2. The van der Waals surface area contributed by atoms with Gasteiger partial charge in [-0.05, 0) is 51.5 Å². The molecular formula is C24H30N4O6S2. The van der Waals surface area contributed by atoms with E-state index in [2.05, 4.69) is 21.9 Å². The van der Waals surface area contributed by atoms with Crippen LogP contribution in [0.1, 0.15) is 45.1 Å². The lowest BCUT2D eigenvalue weighted by atomic mass is 10.2. The zero-order valence-corrected chi connectivity index (χ0v) is 22.7. The van der Waals surface area contributed by atoms with E-state index in [4.69, 9.17) is 9.47 Å². The highest BCUT2D eigenvalue weighted by molar-refractivity contribution is 7.93. The average Bonchev–Trinajstić information content (AvgIpc) is 3.27. The lowest BCUT2D eigenvalue weighted by molar-refractivity contribution is -0.114. The van der Waals surface area contributed by atoms with Crippen LogP contribution in [-0.2, 0) is 24.3 Å². The Morgan fingerprint density at radius 2 is 1.89 bits per heavy atom. The fourth-order valence-corrected chi connectivity index (χ4v) is 5.12. The second kappa shape index (κ2) is 12.0. The second-order valence-corrected chi connectivity index (χ2v) is 11.2. The zero-order chi connectivity index (χ0) is 27.1. The summed E-state index contributed by atoms with van der Waals surface area (Å²) in [6, 6.07) is 2.70. The molecule has 0 radical (unpaired) electrons. The summed E-state index contributed by atoms with van der Waals surface area (Å²) in [6.07, 6.45) is 5.98. The number of amides is 1. The molecule has 12 heteroatoms. The third kappa shape index (κ3) is 7.75. The van der Waals surface area contributed by atoms with E-state index in [0.29, 0.717) is 11.3 Å². The highest BCUT2D eigenvalue weighted by atomic mass is 32.2. The van der Waals surface area contributed by atoms with Crippen LogP contribution in [0.5, 0.6) is 0 Å². The first-order chi connectivity index (χ1) is 16.8. The number of carbonyl (C=O) groups excluding carboxylic acids is 2. The summed E-state index contributed by atoms with van der Waals surface area (Å²) in [5, 5.41) is 2.57. The van der Waals surface area contributed by atoms with Gasteiger partial charge in [0.15, 0.2) is 5.69 Å². The number of aromatic nitrogens is 2. The highest BCUT2D eigenvalue weighted by Crippen LogP contribution is 2.33. The van der Waals surface area contributed by atoms with E-state index in [1.165, 1.54) is 37.8 Å². The monoisotopic (exact) mass is 534 g/mol. The molecule has 0 fully saturated rings. The lowest BCUT2D eigenvalue weighted by Gasteiger charge is -2.25. The van der Waals surface area contributed by atoms with Crippen molar-refractivity contribution in [3.05, 3.63) is 65.7 Å². The van der Waals surface area contributed by atoms with E-state index < -0.39 is 21.6 Å². The number of methoxy groups -OCH3 is 1. The van der Waals surface area contributed by atoms with Crippen molar-refractivity contribution in [1.29, 1.82) is 0 Å². The number of hydrogen-bond acceptors (Lipinski definition) is 9. The molecule has 2 aromatic rings. The third-order valence-corrected chi connectivity index (χ3v) is 7.13. The van der Waals surface area contributed by atoms with E-state index in [1.807, 2.05) is 0 Å². The Labute approximate surface area is 215 Å². The molecule has 0 aliphatic rings. The minimum Gasteiger partial charge on any atom is -0.501 e. The molecule has 194 valence electrons. The molecule has 1 N–H and O–H groups in total. The van der Waals surface area contributed by atoms with Gasteiger partial charge in [-0.25, -0.2) is 23.2 Å². The number of carbonyl (C=O) groups is 2. The number of thiazole rings is 1. The van der Waals surface area contributed by atoms with Crippen molar-refractivity contribution in [2.24, 2.45) is 0 Å².